The summed E-state index contributed by atoms with van der Waals surface area (Å²) < 4.78 is 6.63. The van der Waals surface area contributed by atoms with Crippen molar-refractivity contribution < 1.29 is 4.74 Å². The summed E-state index contributed by atoms with van der Waals surface area (Å²) >= 11 is 0. The largest absolute Gasteiger partial charge is 0.489 e. The zero-order valence-corrected chi connectivity index (χ0v) is 6.53. The Kier molecular flexibility index (Phi) is 2.12. The predicted octanol–water partition coefficient (Wildman–Crippen LogP) is 0.690. The van der Waals surface area contributed by atoms with Crippen LogP contribution in [0.4, 0.5) is 0 Å². The molecule has 1 heterocycles. The highest BCUT2D eigenvalue weighted by atomic mass is 16.5. The predicted molar refractivity (Wildman–Crippen MR) is 39.1 cm³/mol. The van der Waals surface area contributed by atoms with Gasteiger partial charge in [0.25, 0.3) is 0 Å². The molecular weight excluding hydrogens is 142 g/mol. The summed E-state index contributed by atoms with van der Waals surface area (Å²) in [7, 11) is 1.71. The lowest BCUT2D eigenvalue weighted by atomic mass is 10.4. The number of hydrogen-bond donors (Lipinski definition) is 0. The van der Waals surface area contributed by atoms with Crippen molar-refractivity contribution >= 4 is 0 Å². The fourth-order valence-corrected chi connectivity index (χ4v) is 0.806. The number of hydrogen-bond acceptors (Lipinski definition) is 3. The van der Waals surface area contributed by atoms with Crippen LogP contribution in [0, 0.1) is 11.3 Å². The highest BCUT2D eigenvalue weighted by Crippen LogP contribution is 2.14. The molecule has 4 heteroatoms. The molecule has 4 nitrogen and oxygen atoms in total. The van der Waals surface area contributed by atoms with Crippen molar-refractivity contribution in [3.8, 4) is 11.8 Å². The summed E-state index contributed by atoms with van der Waals surface area (Å²) in [6, 6.07) is 2.00. The van der Waals surface area contributed by atoms with Crippen molar-refractivity contribution in [3.05, 3.63) is 11.9 Å². The van der Waals surface area contributed by atoms with Crippen LogP contribution in [0.1, 0.15) is 12.6 Å². The first-order valence-corrected chi connectivity index (χ1v) is 3.34. The second-order valence-corrected chi connectivity index (χ2v) is 2.03. The second-order valence-electron chi connectivity index (χ2n) is 2.03. The molecule has 0 spiro atoms. The molecule has 58 valence electrons. The maximum absolute atomic E-state index is 8.62. The van der Waals surface area contributed by atoms with E-state index >= 15 is 0 Å². The summed E-state index contributed by atoms with van der Waals surface area (Å²) in [5.41, 5.74) is 0.465. The SMILES string of the molecule is CCOc1cnn(C)c1C#N. The number of ether oxygens (including phenoxy) is 1. The van der Waals surface area contributed by atoms with Crippen molar-refractivity contribution in [2.75, 3.05) is 6.61 Å². The van der Waals surface area contributed by atoms with Crippen LogP contribution in [0.5, 0.6) is 5.75 Å². The molecule has 0 fully saturated rings. The average molecular weight is 151 g/mol. The minimum absolute atomic E-state index is 0.465. The molecule has 1 aromatic heterocycles. The summed E-state index contributed by atoms with van der Waals surface area (Å²) in [5.74, 6) is 0.553. The van der Waals surface area contributed by atoms with Crippen LogP contribution in [0.15, 0.2) is 6.20 Å². The molecule has 0 amide bonds. The van der Waals surface area contributed by atoms with E-state index in [0.29, 0.717) is 18.1 Å². The van der Waals surface area contributed by atoms with E-state index in [1.54, 1.807) is 13.2 Å². The van der Waals surface area contributed by atoms with Gasteiger partial charge in [0.15, 0.2) is 11.4 Å². The van der Waals surface area contributed by atoms with Gasteiger partial charge in [-0.25, -0.2) is 0 Å². The summed E-state index contributed by atoms with van der Waals surface area (Å²) in [4.78, 5) is 0. The second kappa shape index (κ2) is 3.06. The van der Waals surface area contributed by atoms with Gasteiger partial charge in [0.05, 0.1) is 12.8 Å². The van der Waals surface area contributed by atoms with Gasteiger partial charge in [-0.1, -0.05) is 0 Å². The number of aromatic nitrogens is 2. The van der Waals surface area contributed by atoms with Gasteiger partial charge in [-0.05, 0) is 6.92 Å². The van der Waals surface area contributed by atoms with Crippen LogP contribution in [0.25, 0.3) is 0 Å². The Labute approximate surface area is 65.0 Å². The molecule has 0 bridgehead atoms. The Morgan fingerprint density at radius 3 is 3.09 bits per heavy atom. The fourth-order valence-electron chi connectivity index (χ4n) is 0.806. The van der Waals surface area contributed by atoms with Gasteiger partial charge in [0.2, 0.25) is 0 Å². The van der Waals surface area contributed by atoms with E-state index in [0.717, 1.165) is 0 Å². The van der Waals surface area contributed by atoms with E-state index in [2.05, 4.69) is 5.10 Å². The van der Waals surface area contributed by atoms with Crippen molar-refractivity contribution in [1.29, 1.82) is 5.26 Å². The number of rotatable bonds is 2. The molecule has 0 unspecified atom stereocenters. The number of aryl methyl sites for hydroxylation is 1. The minimum atomic E-state index is 0.465. The zero-order chi connectivity index (χ0) is 8.27. The fraction of sp³-hybridized carbons (Fsp3) is 0.429. The average Bonchev–Trinajstić information content (AvgIpc) is 2.33. The first-order chi connectivity index (χ1) is 5.29. The van der Waals surface area contributed by atoms with Crippen molar-refractivity contribution in [2.24, 2.45) is 7.05 Å². The molecule has 0 saturated heterocycles. The molecule has 1 aromatic rings. The molecule has 0 radical (unpaired) electrons. The number of nitriles is 1. The molecular formula is C7H9N3O. The van der Waals surface area contributed by atoms with Crippen molar-refractivity contribution in [3.63, 3.8) is 0 Å². The Morgan fingerprint density at radius 1 is 1.82 bits per heavy atom. The van der Waals surface area contributed by atoms with Crippen molar-refractivity contribution in [1.82, 2.24) is 9.78 Å². The Balaban J connectivity index is 2.98. The Bertz CT molecular complexity index is 284. The van der Waals surface area contributed by atoms with Gasteiger partial charge in [-0.15, -0.1) is 0 Å². The van der Waals surface area contributed by atoms with Crippen LogP contribution >= 0.6 is 0 Å². The first kappa shape index (κ1) is 7.61. The van der Waals surface area contributed by atoms with Gasteiger partial charge in [0, 0.05) is 7.05 Å². The molecule has 0 aromatic carbocycles. The maximum Gasteiger partial charge on any atom is 0.180 e. The lowest BCUT2D eigenvalue weighted by Crippen LogP contribution is -1.96. The van der Waals surface area contributed by atoms with Crippen LogP contribution in [-0.2, 0) is 7.05 Å². The van der Waals surface area contributed by atoms with Gasteiger partial charge in [0.1, 0.15) is 6.07 Å². The van der Waals surface area contributed by atoms with Gasteiger partial charge in [-0.2, -0.15) is 10.4 Å². The first-order valence-electron chi connectivity index (χ1n) is 3.34. The smallest absolute Gasteiger partial charge is 0.180 e. The minimum Gasteiger partial charge on any atom is -0.489 e. The molecule has 0 aliphatic carbocycles. The zero-order valence-electron chi connectivity index (χ0n) is 6.53. The van der Waals surface area contributed by atoms with Gasteiger partial charge < -0.3 is 4.74 Å². The third-order valence-corrected chi connectivity index (χ3v) is 1.31. The van der Waals surface area contributed by atoms with Crippen LogP contribution in [-0.4, -0.2) is 16.4 Å². The summed E-state index contributed by atoms with van der Waals surface area (Å²) in [5, 5.41) is 12.5. The van der Waals surface area contributed by atoms with Crippen LogP contribution in [0.2, 0.25) is 0 Å². The topological polar surface area (TPSA) is 50.8 Å². The van der Waals surface area contributed by atoms with E-state index < -0.39 is 0 Å². The monoisotopic (exact) mass is 151 g/mol. The quantitative estimate of drug-likeness (QED) is 0.624. The van der Waals surface area contributed by atoms with Crippen molar-refractivity contribution in [2.45, 2.75) is 6.92 Å². The highest BCUT2D eigenvalue weighted by Gasteiger charge is 2.06. The highest BCUT2D eigenvalue weighted by molar-refractivity contribution is 5.35. The van der Waals surface area contributed by atoms with E-state index in [-0.39, 0.29) is 0 Å². The maximum atomic E-state index is 8.62. The summed E-state index contributed by atoms with van der Waals surface area (Å²) in [6.07, 6.45) is 1.54. The number of nitrogens with zero attached hydrogens (tertiary/aromatic N) is 3. The Morgan fingerprint density at radius 2 is 2.55 bits per heavy atom. The normalized spacial score (nSPS) is 9.18. The lowest BCUT2D eigenvalue weighted by Gasteiger charge is -1.97. The molecule has 1 rings (SSSR count). The van der Waals surface area contributed by atoms with Crippen LogP contribution < -0.4 is 4.74 Å². The van der Waals surface area contributed by atoms with E-state index in [1.807, 2.05) is 13.0 Å². The van der Waals surface area contributed by atoms with Gasteiger partial charge >= 0.3 is 0 Å². The molecule has 0 aliphatic heterocycles. The third kappa shape index (κ3) is 1.32. The molecule has 0 saturated carbocycles. The Hall–Kier alpha value is -1.50. The van der Waals surface area contributed by atoms with E-state index in [1.165, 1.54) is 4.68 Å². The standard InChI is InChI=1S/C7H9N3O/c1-3-11-7-5-9-10(2)6(7)4-8/h5H,3H2,1-2H3. The lowest BCUT2D eigenvalue weighted by molar-refractivity contribution is 0.339. The molecule has 11 heavy (non-hydrogen) atoms. The summed E-state index contributed by atoms with van der Waals surface area (Å²) in [6.45, 7) is 2.43. The molecule has 0 atom stereocenters. The van der Waals surface area contributed by atoms with E-state index in [4.69, 9.17) is 10.00 Å². The molecule has 0 N–H and O–H groups in total. The van der Waals surface area contributed by atoms with E-state index in [9.17, 15) is 0 Å². The third-order valence-electron chi connectivity index (χ3n) is 1.31. The van der Waals surface area contributed by atoms with Crippen LogP contribution in [0.3, 0.4) is 0 Å². The molecule has 0 aliphatic rings. The van der Waals surface area contributed by atoms with Gasteiger partial charge in [-0.3, -0.25) is 4.68 Å².